The summed E-state index contributed by atoms with van der Waals surface area (Å²) in [6.07, 6.45) is 0.732. The summed E-state index contributed by atoms with van der Waals surface area (Å²) in [7, 11) is 0. The third-order valence-corrected chi connectivity index (χ3v) is 6.68. The summed E-state index contributed by atoms with van der Waals surface area (Å²) in [6, 6.07) is 9.10. The first-order chi connectivity index (χ1) is 16.2. The molecule has 184 valence electrons. The molecular formula is C25H33ClN4O4. The fourth-order valence-electron chi connectivity index (χ4n) is 4.41. The lowest BCUT2D eigenvalue weighted by Crippen LogP contribution is -2.50. The fraction of sp³-hybridized carbons (Fsp3) is 0.560. The van der Waals surface area contributed by atoms with Crippen LogP contribution in [0.5, 0.6) is 5.75 Å². The van der Waals surface area contributed by atoms with Crippen molar-refractivity contribution in [2.45, 2.75) is 45.1 Å². The van der Waals surface area contributed by atoms with Crippen molar-refractivity contribution >= 4 is 23.4 Å². The summed E-state index contributed by atoms with van der Waals surface area (Å²) >= 11 is 6.14. The first kappa shape index (κ1) is 24.5. The van der Waals surface area contributed by atoms with E-state index in [4.69, 9.17) is 21.1 Å². The summed E-state index contributed by atoms with van der Waals surface area (Å²) < 4.78 is 11.7. The van der Waals surface area contributed by atoms with Crippen LogP contribution in [-0.4, -0.2) is 77.3 Å². The largest absolute Gasteiger partial charge is 0.490 e. The highest BCUT2D eigenvalue weighted by atomic mass is 35.5. The van der Waals surface area contributed by atoms with Crippen LogP contribution in [0.1, 0.15) is 49.8 Å². The van der Waals surface area contributed by atoms with E-state index < -0.39 is 0 Å². The lowest BCUT2D eigenvalue weighted by Gasteiger charge is -2.39. The van der Waals surface area contributed by atoms with E-state index in [9.17, 15) is 9.59 Å². The summed E-state index contributed by atoms with van der Waals surface area (Å²) in [5.74, 6) is 0.463. The molecule has 34 heavy (non-hydrogen) atoms. The zero-order valence-corrected chi connectivity index (χ0v) is 20.8. The number of likely N-dealkylation sites (tertiary alicyclic amines) is 1. The molecule has 1 N–H and O–H groups in total. The molecule has 4 rings (SSSR count). The molecule has 0 spiro atoms. The van der Waals surface area contributed by atoms with E-state index in [-0.39, 0.29) is 29.3 Å². The van der Waals surface area contributed by atoms with Crippen LogP contribution in [0.15, 0.2) is 30.3 Å². The number of carbonyl (C=O) groups excluding carboxylic acids is 2. The van der Waals surface area contributed by atoms with Crippen molar-refractivity contribution in [2.24, 2.45) is 5.92 Å². The minimum atomic E-state index is -0.197. The summed E-state index contributed by atoms with van der Waals surface area (Å²) in [5.41, 5.74) is 1.18. The van der Waals surface area contributed by atoms with Gasteiger partial charge in [-0.2, -0.15) is 5.10 Å². The first-order valence-electron chi connectivity index (χ1n) is 11.8. The third kappa shape index (κ3) is 5.91. The van der Waals surface area contributed by atoms with Crippen LogP contribution in [0.4, 0.5) is 0 Å². The minimum Gasteiger partial charge on any atom is -0.490 e. The van der Waals surface area contributed by atoms with Gasteiger partial charge in [-0.05, 0) is 24.3 Å². The normalized spacial score (nSPS) is 21.4. The Balaban J connectivity index is 1.49. The number of halogens is 1. The van der Waals surface area contributed by atoms with Gasteiger partial charge in [0, 0.05) is 61.1 Å². The average Bonchev–Trinajstić information content (AvgIpc) is 3.31. The molecule has 2 aliphatic heterocycles. The molecule has 2 atom stereocenters. The van der Waals surface area contributed by atoms with Gasteiger partial charge in [0.1, 0.15) is 17.5 Å². The summed E-state index contributed by atoms with van der Waals surface area (Å²) in [4.78, 5) is 29.9. The number of piperidine rings is 1. The van der Waals surface area contributed by atoms with Gasteiger partial charge in [0.15, 0.2) is 0 Å². The quantitative estimate of drug-likeness (QED) is 0.695. The Morgan fingerprint density at radius 2 is 1.94 bits per heavy atom. The average molecular weight is 489 g/mol. The monoisotopic (exact) mass is 488 g/mol. The predicted octanol–water partition coefficient (Wildman–Crippen LogP) is 3.52. The van der Waals surface area contributed by atoms with E-state index in [2.05, 4.69) is 31.0 Å². The number of amides is 2. The number of ether oxygens (including phenoxy) is 2. The van der Waals surface area contributed by atoms with Gasteiger partial charge in [-0.1, -0.05) is 38.4 Å². The molecule has 0 aliphatic carbocycles. The SMILES string of the molecule is CC(C)(C)c1cc(C(=O)N2CC[C@H](Oc3cccc(Cl)c3)[C@@H](CC(=O)N3CCOCC3)C2)n[nH]1. The van der Waals surface area contributed by atoms with Crippen molar-refractivity contribution in [1.29, 1.82) is 0 Å². The van der Waals surface area contributed by atoms with E-state index in [1.54, 1.807) is 17.0 Å². The maximum absolute atomic E-state index is 13.3. The van der Waals surface area contributed by atoms with Crippen LogP contribution < -0.4 is 4.74 Å². The Kier molecular flexibility index (Phi) is 7.48. The highest BCUT2D eigenvalue weighted by molar-refractivity contribution is 6.30. The van der Waals surface area contributed by atoms with E-state index in [0.29, 0.717) is 68.7 Å². The molecule has 2 saturated heterocycles. The number of benzene rings is 1. The molecule has 0 radical (unpaired) electrons. The Hall–Kier alpha value is -2.58. The van der Waals surface area contributed by atoms with Crippen LogP contribution in [0, 0.1) is 5.92 Å². The molecule has 2 aromatic rings. The number of hydrogen-bond acceptors (Lipinski definition) is 5. The van der Waals surface area contributed by atoms with Gasteiger partial charge in [0.05, 0.1) is 13.2 Å². The second kappa shape index (κ2) is 10.4. The fourth-order valence-corrected chi connectivity index (χ4v) is 4.59. The topological polar surface area (TPSA) is 87.8 Å². The van der Waals surface area contributed by atoms with E-state index in [1.807, 2.05) is 23.1 Å². The number of nitrogens with one attached hydrogen (secondary N) is 1. The highest BCUT2D eigenvalue weighted by Gasteiger charge is 2.36. The van der Waals surface area contributed by atoms with Crippen LogP contribution in [0.25, 0.3) is 0 Å². The second-order valence-electron chi connectivity index (χ2n) is 10.0. The van der Waals surface area contributed by atoms with Crippen molar-refractivity contribution in [3.05, 3.63) is 46.7 Å². The van der Waals surface area contributed by atoms with Crippen molar-refractivity contribution in [1.82, 2.24) is 20.0 Å². The number of H-pyrrole nitrogens is 1. The zero-order valence-electron chi connectivity index (χ0n) is 20.1. The molecule has 2 fully saturated rings. The van der Waals surface area contributed by atoms with Gasteiger partial charge >= 0.3 is 0 Å². The van der Waals surface area contributed by atoms with Crippen LogP contribution >= 0.6 is 11.6 Å². The molecule has 3 heterocycles. The van der Waals surface area contributed by atoms with Crippen LogP contribution in [-0.2, 0) is 14.9 Å². The summed E-state index contributed by atoms with van der Waals surface area (Å²) in [6.45, 7) is 9.47. The van der Waals surface area contributed by atoms with Gasteiger partial charge in [0.2, 0.25) is 5.91 Å². The second-order valence-corrected chi connectivity index (χ2v) is 10.5. The van der Waals surface area contributed by atoms with Gasteiger partial charge < -0.3 is 19.3 Å². The van der Waals surface area contributed by atoms with Crippen molar-refractivity contribution in [3.63, 3.8) is 0 Å². The Labute approximate surface area is 205 Å². The molecule has 0 bridgehead atoms. The number of morpholine rings is 1. The maximum atomic E-state index is 13.3. The standard InChI is InChI=1S/C25H33ClN4O4/c1-25(2,3)22-15-20(27-28-22)24(32)30-8-7-21(34-19-6-4-5-18(26)14-19)17(16-30)13-23(31)29-9-11-33-12-10-29/h4-6,14-15,17,21H,7-13,16H2,1-3H3,(H,27,28)/t17-,21-/m0/s1. The predicted molar refractivity (Wildman–Crippen MR) is 129 cm³/mol. The highest BCUT2D eigenvalue weighted by Crippen LogP contribution is 2.29. The van der Waals surface area contributed by atoms with E-state index in [0.717, 1.165) is 5.69 Å². The Morgan fingerprint density at radius 1 is 1.18 bits per heavy atom. The molecule has 0 unspecified atom stereocenters. The molecule has 2 amide bonds. The van der Waals surface area contributed by atoms with Gasteiger partial charge in [-0.25, -0.2) is 0 Å². The van der Waals surface area contributed by atoms with Crippen molar-refractivity contribution in [3.8, 4) is 5.75 Å². The van der Waals surface area contributed by atoms with Crippen LogP contribution in [0.3, 0.4) is 0 Å². The molecule has 8 nitrogen and oxygen atoms in total. The third-order valence-electron chi connectivity index (χ3n) is 6.44. The number of carbonyl (C=O) groups is 2. The van der Waals surface area contributed by atoms with Gasteiger partial charge in [0.25, 0.3) is 5.91 Å². The first-order valence-corrected chi connectivity index (χ1v) is 12.2. The lowest BCUT2D eigenvalue weighted by atomic mass is 9.90. The van der Waals surface area contributed by atoms with Crippen molar-refractivity contribution in [2.75, 3.05) is 39.4 Å². The van der Waals surface area contributed by atoms with Gasteiger partial charge in [-0.15, -0.1) is 0 Å². The number of aromatic amines is 1. The Bertz CT molecular complexity index is 1010. The number of aromatic nitrogens is 2. The number of nitrogens with zero attached hydrogens (tertiary/aromatic N) is 3. The molecule has 0 saturated carbocycles. The van der Waals surface area contributed by atoms with Gasteiger partial charge in [-0.3, -0.25) is 14.7 Å². The molecule has 1 aromatic carbocycles. The maximum Gasteiger partial charge on any atom is 0.274 e. The van der Waals surface area contributed by atoms with E-state index >= 15 is 0 Å². The molecular weight excluding hydrogens is 456 g/mol. The summed E-state index contributed by atoms with van der Waals surface area (Å²) in [5, 5.41) is 7.85. The molecule has 9 heteroatoms. The van der Waals surface area contributed by atoms with E-state index in [1.165, 1.54) is 0 Å². The molecule has 1 aromatic heterocycles. The minimum absolute atomic E-state index is 0.0667. The number of hydrogen-bond donors (Lipinski definition) is 1. The Morgan fingerprint density at radius 3 is 2.62 bits per heavy atom. The number of rotatable bonds is 5. The lowest BCUT2D eigenvalue weighted by molar-refractivity contribution is -0.137. The van der Waals surface area contributed by atoms with Crippen LogP contribution in [0.2, 0.25) is 5.02 Å². The zero-order chi connectivity index (χ0) is 24.3. The smallest absolute Gasteiger partial charge is 0.274 e. The molecule has 2 aliphatic rings. The van der Waals surface area contributed by atoms with Crippen molar-refractivity contribution < 1.29 is 19.1 Å².